The molecule has 1 atom stereocenters. The quantitative estimate of drug-likeness (QED) is 0.855. The largest absolute Gasteiger partial charge is 0.381 e. The highest BCUT2D eigenvalue weighted by atomic mass is 19.2. The summed E-state index contributed by atoms with van der Waals surface area (Å²) in [5.41, 5.74) is 6.40. The Kier molecular flexibility index (Phi) is 3.21. The Bertz CT molecular complexity index is 375. The molecular formula is C12H15F2NO. The maximum Gasteiger partial charge on any atom is 0.159 e. The van der Waals surface area contributed by atoms with Gasteiger partial charge in [0.1, 0.15) is 0 Å². The predicted octanol–water partition coefficient (Wildman–Crippen LogP) is 1.87. The number of hydrogen-bond donors (Lipinski definition) is 1. The van der Waals surface area contributed by atoms with Gasteiger partial charge in [0.15, 0.2) is 11.6 Å². The maximum atomic E-state index is 13.0. The minimum Gasteiger partial charge on any atom is -0.381 e. The van der Waals surface area contributed by atoms with Gasteiger partial charge in [-0.3, -0.25) is 0 Å². The minimum atomic E-state index is -0.812. The molecule has 1 fully saturated rings. The van der Waals surface area contributed by atoms with E-state index in [1.165, 1.54) is 6.07 Å². The van der Waals surface area contributed by atoms with E-state index < -0.39 is 11.6 Å². The molecule has 1 unspecified atom stereocenters. The number of halogens is 2. The van der Waals surface area contributed by atoms with Crippen LogP contribution in [-0.4, -0.2) is 19.8 Å². The van der Waals surface area contributed by atoms with Crippen molar-refractivity contribution in [3.05, 3.63) is 35.4 Å². The SMILES string of the molecule is NCC1(Cc2ccc(F)c(F)c2)CCOC1. The van der Waals surface area contributed by atoms with Gasteiger partial charge in [-0.05, 0) is 30.5 Å². The topological polar surface area (TPSA) is 35.2 Å². The van der Waals surface area contributed by atoms with Gasteiger partial charge < -0.3 is 10.5 Å². The number of rotatable bonds is 3. The zero-order valence-corrected chi connectivity index (χ0v) is 9.01. The molecule has 0 aromatic heterocycles. The third-order valence-electron chi connectivity index (χ3n) is 3.18. The van der Waals surface area contributed by atoms with E-state index in [0.29, 0.717) is 26.2 Å². The summed E-state index contributed by atoms with van der Waals surface area (Å²) in [5, 5.41) is 0. The molecule has 2 N–H and O–H groups in total. The Morgan fingerprint density at radius 1 is 1.31 bits per heavy atom. The first-order valence-electron chi connectivity index (χ1n) is 5.37. The lowest BCUT2D eigenvalue weighted by Gasteiger charge is -2.25. The standard InChI is InChI=1S/C12H15F2NO/c13-10-2-1-9(5-11(10)14)6-12(7-15)3-4-16-8-12/h1-2,5H,3-4,6-8,15H2. The fourth-order valence-electron chi connectivity index (χ4n) is 2.10. The van der Waals surface area contributed by atoms with Gasteiger partial charge in [-0.15, -0.1) is 0 Å². The third kappa shape index (κ3) is 2.23. The Labute approximate surface area is 93.4 Å². The molecule has 0 amide bonds. The lowest BCUT2D eigenvalue weighted by atomic mass is 9.81. The van der Waals surface area contributed by atoms with Crippen LogP contribution in [0.4, 0.5) is 8.78 Å². The van der Waals surface area contributed by atoms with Crippen LogP contribution in [0.3, 0.4) is 0 Å². The van der Waals surface area contributed by atoms with Crippen molar-refractivity contribution < 1.29 is 13.5 Å². The molecule has 0 radical (unpaired) electrons. The summed E-state index contributed by atoms with van der Waals surface area (Å²) >= 11 is 0. The average molecular weight is 227 g/mol. The van der Waals surface area contributed by atoms with E-state index >= 15 is 0 Å². The number of benzene rings is 1. The summed E-state index contributed by atoms with van der Waals surface area (Å²) in [5.74, 6) is -1.61. The molecule has 4 heteroatoms. The van der Waals surface area contributed by atoms with Crippen molar-refractivity contribution in [3.63, 3.8) is 0 Å². The van der Waals surface area contributed by atoms with Crippen molar-refractivity contribution in [3.8, 4) is 0 Å². The number of ether oxygens (including phenoxy) is 1. The fourth-order valence-corrected chi connectivity index (χ4v) is 2.10. The van der Waals surface area contributed by atoms with Crippen LogP contribution in [0, 0.1) is 17.0 Å². The highest BCUT2D eigenvalue weighted by Gasteiger charge is 2.33. The molecule has 1 aromatic carbocycles. The van der Waals surface area contributed by atoms with Gasteiger partial charge in [0.05, 0.1) is 6.61 Å². The smallest absolute Gasteiger partial charge is 0.159 e. The van der Waals surface area contributed by atoms with Crippen LogP contribution in [0.2, 0.25) is 0 Å². The van der Waals surface area contributed by atoms with Gasteiger partial charge >= 0.3 is 0 Å². The molecule has 2 nitrogen and oxygen atoms in total. The zero-order valence-electron chi connectivity index (χ0n) is 9.01. The fraction of sp³-hybridized carbons (Fsp3) is 0.500. The summed E-state index contributed by atoms with van der Waals surface area (Å²) in [7, 11) is 0. The van der Waals surface area contributed by atoms with Gasteiger partial charge in [0, 0.05) is 18.6 Å². The van der Waals surface area contributed by atoms with Gasteiger partial charge in [0.25, 0.3) is 0 Å². The van der Waals surface area contributed by atoms with Crippen molar-refractivity contribution in [2.45, 2.75) is 12.8 Å². The minimum absolute atomic E-state index is 0.107. The van der Waals surface area contributed by atoms with E-state index in [4.69, 9.17) is 10.5 Å². The molecule has 2 rings (SSSR count). The van der Waals surface area contributed by atoms with Crippen LogP contribution in [0.5, 0.6) is 0 Å². The molecule has 0 saturated carbocycles. The van der Waals surface area contributed by atoms with Crippen LogP contribution >= 0.6 is 0 Å². The van der Waals surface area contributed by atoms with Crippen LogP contribution in [0.15, 0.2) is 18.2 Å². The highest BCUT2D eigenvalue weighted by molar-refractivity contribution is 5.19. The van der Waals surface area contributed by atoms with E-state index in [1.807, 2.05) is 0 Å². The van der Waals surface area contributed by atoms with Crippen LogP contribution in [0.1, 0.15) is 12.0 Å². The molecule has 1 aromatic rings. The lowest BCUT2D eigenvalue weighted by molar-refractivity contribution is 0.154. The number of hydrogen-bond acceptors (Lipinski definition) is 2. The second-order valence-corrected chi connectivity index (χ2v) is 4.43. The second-order valence-electron chi connectivity index (χ2n) is 4.43. The molecule has 1 saturated heterocycles. The molecule has 0 aliphatic carbocycles. The van der Waals surface area contributed by atoms with E-state index in [9.17, 15) is 8.78 Å². The monoisotopic (exact) mass is 227 g/mol. The van der Waals surface area contributed by atoms with Gasteiger partial charge in [-0.1, -0.05) is 6.07 Å². The Morgan fingerprint density at radius 2 is 2.12 bits per heavy atom. The van der Waals surface area contributed by atoms with E-state index in [0.717, 1.165) is 18.1 Å². The van der Waals surface area contributed by atoms with Crippen molar-refractivity contribution in [2.75, 3.05) is 19.8 Å². The summed E-state index contributed by atoms with van der Waals surface area (Å²) < 4.78 is 31.1. The molecule has 1 aliphatic rings. The van der Waals surface area contributed by atoms with E-state index in [-0.39, 0.29) is 5.41 Å². The van der Waals surface area contributed by atoms with E-state index in [1.54, 1.807) is 6.07 Å². The first-order chi connectivity index (χ1) is 7.65. The van der Waals surface area contributed by atoms with Crippen LogP contribution in [-0.2, 0) is 11.2 Å². The first-order valence-corrected chi connectivity index (χ1v) is 5.37. The normalized spacial score (nSPS) is 24.9. The number of nitrogens with two attached hydrogens (primary N) is 1. The molecule has 16 heavy (non-hydrogen) atoms. The van der Waals surface area contributed by atoms with Gasteiger partial charge in [-0.2, -0.15) is 0 Å². The van der Waals surface area contributed by atoms with Gasteiger partial charge in [-0.25, -0.2) is 8.78 Å². The van der Waals surface area contributed by atoms with Gasteiger partial charge in [0.2, 0.25) is 0 Å². The van der Waals surface area contributed by atoms with Crippen molar-refractivity contribution >= 4 is 0 Å². The summed E-state index contributed by atoms with van der Waals surface area (Å²) in [6, 6.07) is 4.00. The molecular weight excluding hydrogens is 212 g/mol. The molecule has 0 bridgehead atoms. The van der Waals surface area contributed by atoms with E-state index in [2.05, 4.69) is 0 Å². The molecule has 1 heterocycles. The van der Waals surface area contributed by atoms with Crippen molar-refractivity contribution in [1.82, 2.24) is 0 Å². The zero-order chi connectivity index (χ0) is 11.6. The molecule has 88 valence electrons. The second kappa shape index (κ2) is 4.47. The summed E-state index contributed by atoms with van der Waals surface area (Å²) in [6.45, 7) is 1.80. The Balaban J connectivity index is 2.16. The Morgan fingerprint density at radius 3 is 2.69 bits per heavy atom. The van der Waals surface area contributed by atoms with Crippen LogP contribution in [0.25, 0.3) is 0 Å². The Hall–Kier alpha value is -1.00. The molecule has 1 aliphatic heterocycles. The van der Waals surface area contributed by atoms with Crippen molar-refractivity contribution in [2.24, 2.45) is 11.1 Å². The summed E-state index contributed by atoms with van der Waals surface area (Å²) in [4.78, 5) is 0. The third-order valence-corrected chi connectivity index (χ3v) is 3.18. The molecule has 0 spiro atoms. The predicted molar refractivity (Wildman–Crippen MR) is 57.0 cm³/mol. The first kappa shape index (κ1) is 11.5. The maximum absolute atomic E-state index is 13.0. The lowest BCUT2D eigenvalue weighted by Crippen LogP contribution is -2.33. The van der Waals surface area contributed by atoms with Crippen LogP contribution < -0.4 is 5.73 Å². The highest BCUT2D eigenvalue weighted by Crippen LogP contribution is 2.31. The average Bonchev–Trinajstić information content (AvgIpc) is 2.73. The van der Waals surface area contributed by atoms with Crippen molar-refractivity contribution in [1.29, 1.82) is 0 Å². The summed E-state index contributed by atoms with van der Waals surface area (Å²) in [6.07, 6.45) is 1.52.